The first-order valence-electron chi connectivity index (χ1n) is 49.7. The van der Waals surface area contributed by atoms with Crippen molar-refractivity contribution in [2.75, 3.05) is 19.6 Å². The fraction of sp³-hybridized carbons (Fsp3) is 0.125. The average Bonchev–Trinajstić information content (AvgIpc) is 1.39. The Hall–Kier alpha value is -17.0. The van der Waals surface area contributed by atoms with Crippen molar-refractivity contribution in [3.63, 3.8) is 0 Å². The number of pyridine rings is 8. The summed E-state index contributed by atoms with van der Waals surface area (Å²) in [7, 11) is 0. The van der Waals surface area contributed by atoms with Crippen LogP contribution in [0.3, 0.4) is 0 Å². The molecule has 0 fully saturated rings. The minimum atomic E-state index is 0.870. The van der Waals surface area contributed by atoms with Crippen LogP contribution in [-0.4, -0.2) is 39.9 Å². The molecule has 0 amide bonds. The molecule has 8 aromatic heterocycles. The molecule has 0 saturated carbocycles. The summed E-state index contributed by atoms with van der Waals surface area (Å²) in [5.74, 6) is 5.25. The highest BCUT2D eigenvalue weighted by Crippen LogP contribution is 2.63. The van der Waals surface area contributed by atoms with Crippen molar-refractivity contribution in [3.05, 3.63) is 495 Å². The van der Waals surface area contributed by atoms with Gasteiger partial charge in [0.05, 0.1) is 51.7 Å². The number of hydrogen-bond acceptors (Lipinski definition) is 12. The van der Waals surface area contributed by atoms with Gasteiger partial charge < -0.3 is 0 Å². The number of fused-ring (bicyclic) bond motifs is 48. The first-order chi connectivity index (χ1) is 69.4. The lowest BCUT2D eigenvalue weighted by Crippen LogP contribution is -2.27. The van der Waals surface area contributed by atoms with E-state index in [1.54, 1.807) is 0 Å². The summed E-state index contributed by atoms with van der Waals surface area (Å²) < 4.78 is 0. The Labute approximate surface area is 809 Å². The highest BCUT2D eigenvalue weighted by atomic mass is 15.3. The van der Waals surface area contributed by atoms with Gasteiger partial charge in [-0.2, -0.15) is 0 Å². The maximum absolute atomic E-state index is 4.85. The molecular weight excluding hydrogens is 1710 g/mol. The fourth-order valence-corrected chi connectivity index (χ4v) is 28.2. The largest absolute Gasteiger partial charge is 0.294 e. The Balaban J connectivity index is 0.0000000829. The molecule has 0 N–H and O–H groups in total. The standard InChI is InChI=1S/4C32H21N3/c1-2-8-23-18(5-1)14-26-24(23)10-9-19-15-25-27(29(19)26)17-22-13-20-6-3-11-33-31(20)35-30(22)28(25)16-21-7-4-12-34-32(21)35;1-2-7-22-18(5-1)13-25-23(22)10-9-19-14-24-26(30(19)25)16-21-17-28-29(8-4-11-33-28)35-31(21)27(24)15-20-6-3-12-34-32(20)35;1-2-6-23-18(4-1)13-26-24(23)8-7-20-14-25-27(30(20)26)16-22-12-19-9-11-33-17-29(19)35-31(22)28(25)15-21-5-3-10-34-32(21)35;1-2-6-23-18(4-1)13-26-24(23)8-7-19-14-25-27(30(19)26)16-21-12-22-17-33-11-9-29(22)35-31(21)28(25)15-20-5-3-10-34-32(20)35/h1-12,17H,13-16H2;1-12,16H,13-15,17H2;2*1-11,16-17H,12-15H2. The van der Waals surface area contributed by atoms with E-state index in [0.717, 1.165) is 138 Å². The molecule has 36 rings (SSSR count). The van der Waals surface area contributed by atoms with E-state index in [0.29, 0.717) is 0 Å². The third-order valence-corrected chi connectivity index (χ3v) is 33.8. The van der Waals surface area contributed by atoms with E-state index in [1.807, 2.05) is 68.0 Å². The van der Waals surface area contributed by atoms with E-state index in [4.69, 9.17) is 29.9 Å². The van der Waals surface area contributed by atoms with Crippen LogP contribution in [-0.2, 0) is 103 Å². The summed E-state index contributed by atoms with van der Waals surface area (Å²) >= 11 is 0. The van der Waals surface area contributed by atoms with Gasteiger partial charge in [-0.25, -0.2) is 24.9 Å². The van der Waals surface area contributed by atoms with E-state index < -0.39 is 0 Å². The molecule has 8 aliphatic heterocycles. The van der Waals surface area contributed by atoms with Crippen LogP contribution in [0.2, 0.25) is 0 Å². The zero-order valence-electron chi connectivity index (χ0n) is 76.7. The van der Waals surface area contributed by atoms with Gasteiger partial charge in [-0.1, -0.05) is 176 Å². The molecule has 656 valence electrons. The van der Waals surface area contributed by atoms with E-state index in [2.05, 4.69) is 278 Å². The molecule has 0 bridgehead atoms. The van der Waals surface area contributed by atoms with Crippen molar-refractivity contribution in [2.45, 2.75) is 103 Å². The maximum atomic E-state index is 4.85. The SMILES string of the molecule is c1ccc2c(c1)Cc1c-2ccc2c1-c1cc3c4c(c1C2)Cc1cccnc1N4c1cccnc1C3.c1ccc2c(c1)Cc1c-2ccc2c1-c1cc3c4c(c1C2)Cc1cccnc1N4c1ccncc1C3.c1ccc2c(c1)Cc1c-2ccc2c1-c1cc3c4c(c1C2)Cc1cccnc1N4c1cnccc1C3.c1ccc2c(c1)Cc1c-2ccc2c1-c1cc3c4c(c1C2)Cc1cccnc1N4c1ncccc1C3. The summed E-state index contributed by atoms with van der Waals surface area (Å²) in [6, 6.07) is 94.7. The van der Waals surface area contributed by atoms with Crippen LogP contribution in [0, 0.1) is 0 Å². The molecule has 140 heavy (non-hydrogen) atoms. The number of aromatic nitrogens is 8. The van der Waals surface area contributed by atoms with Gasteiger partial charge in [0.1, 0.15) is 29.1 Å². The highest BCUT2D eigenvalue weighted by Gasteiger charge is 2.46. The molecule has 0 spiro atoms. The quantitative estimate of drug-likeness (QED) is 0.144. The van der Waals surface area contributed by atoms with Crippen molar-refractivity contribution in [2.24, 2.45) is 0 Å². The van der Waals surface area contributed by atoms with Gasteiger partial charge in [0, 0.05) is 107 Å². The zero-order valence-corrected chi connectivity index (χ0v) is 76.7. The predicted octanol–water partition coefficient (Wildman–Crippen LogP) is 27.6. The maximum Gasteiger partial charge on any atom is 0.142 e. The van der Waals surface area contributed by atoms with Crippen LogP contribution in [0.5, 0.6) is 0 Å². The molecule has 16 heterocycles. The van der Waals surface area contributed by atoms with Crippen molar-refractivity contribution < 1.29 is 0 Å². The third kappa shape index (κ3) is 10.5. The lowest BCUT2D eigenvalue weighted by Gasteiger charge is -2.39. The molecule has 20 aromatic rings. The van der Waals surface area contributed by atoms with Gasteiger partial charge in [-0.05, 0) is 392 Å². The second-order valence-corrected chi connectivity index (χ2v) is 40.8. The molecule has 12 aromatic carbocycles. The van der Waals surface area contributed by atoms with Crippen molar-refractivity contribution in [1.29, 1.82) is 0 Å². The van der Waals surface area contributed by atoms with Crippen LogP contribution in [0.1, 0.15) is 178 Å². The van der Waals surface area contributed by atoms with Crippen molar-refractivity contribution in [1.82, 2.24) is 39.9 Å². The fourth-order valence-electron chi connectivity index (χ4n) is 28.2. The minimum Gasteiger partial charge on any atom is -0.294 e. The van der Waals surface area contributed by atoms with Gasteiger partial charge in [-0.15, -0.1) is 0 Å². The van der Waals surface area contributed by atoms with E-state index in [9.17, 15) is 0 Å². The molecular formula is C128H84N12. The zero-order chi connectivity index (χ0) is 90.7. The minimum absolute atomic E-state index is 0.870. The Morgan fingerprint density at radius 3 is 0.857 bits per heavy atom. The Bertz CT molecular complexity index is 8060. The number of benzene rings is 12. The molecule has 0 atom stereocenters. The Morgan fingerprint density at radius 2 is 0.450 bits per heavy atom. The molecule has 12 heteroatoms. The van der Waals surface area contributed by atoms with Crippen molar-refractivity contribution >= 4 is 68.9 Å². The second kappa shape index (κ2) is 28.4. The summed E-state index contributed by atoms with van der Waals surface area (Å²) in [5, 5.41) is 0. The summed E-state index contributed by atoms with van der Waals surface area (Å²) in [4.78, 5) is 47.5. The van der Waals surface area contributed by atoms with Gasteiger partial charge >= 0.3 is 0 Å². The van der Waals surface area contributed by atoms with Gasteiger partial charge in [0.15, 0.2) is 0 Å². The molecule has 12 nitrogen and oxygen atoms in total. The van der Waals surface area contributed by atoms with Crippen LogP contribution < -0.4 is 19.6 Å². The van der Waals surface area contributed by atoms with Gasteiger partial charge in [0.2, 0.25) is 0 Å². The van der Waals surface area contributed by atoms with E-state index >= 15 is 0 Å². The molecule has 0 radical (unpaired) electrons. The number of nitrogens with zero attached hydrogens (tertiary/aromatic N) is 12. The number of rotatable bonds is 0. The van der Waals surface area contributed by atoms with Crippen LogP contribution in [0.15, 0.2) is 317 Å². The van der Waals surface area contributed by atoms with Crippen LogP contribution in [0.4, 0.5) is 68.9 Å². The normalized spacial score (nSPS) is 14.9. The van der Waals surface area contributed by atoms with E-state index in [-0.39, 0.29) is 0 Å². The average molecular weight is 1790 g/mol. The molecule has 0 saturated heterocycles. The summed E-state index contributed by atoms with van der Waals surface area (Å²) in [5.41, 5.74) is 77.6. The van der Waals surface area contributed by atoms with Crippen molar-refractivity contribution in [3.8, 4) is 89.0 Å². The third-order valence-electron chi connectivity index (χ3n) is 33.8. The first kappa shape index (κ1) is 76.2. The van der Waals surface area contributed by atoms with Crippen LogP contribution in [0.25, 0.3) is 89.0 Å². The van der Waals surface area contributed by atoms with E-state index in [1.165, 1.54) is 301 Å². The Morgan fingerprint density at radius 1 is 0.157 bits per heavy atom. The number of hydrogen-bond donors (Lipinski definition) is 0. The lowest BCUT2D eigenvalue weighted by molar-refractivity contribution is 0.941. The molecule has 16 aliphatic rings. The molecule has 0 unspecified atom stereocenters. The van der Waals surface area contributed by atoms with Crippen LogP contribution >= 0.6 is 0 Å². The molecule has 8 aliphatic carbocycles. The van der Waals surface area contributed by atoms with Gasteiger partial charge in [0.25, 0.3) is 0 Å². The predicted molar refractivity (Wildman–Crippen MR) is 555 cm³/mol. The Kier molecular flexibility index (Phi) is 15.4. The lowest BCUT2D eigenvalue weighted by atomic mass is 9.83. The summed E-state index contributed by atoms with van der Waals surface area (Å²) in [6.45, 7) is 0. The highest BCUT2D eigenvalue weighted by molar-refractivity contribution is 6.03. The second-order valence-electron chi connectivity index (χ2n) is 40.8. The first-order valence-corrected chi connectivity index (χ1v) is 49.7. The monoisotopic (exact) mass is 1790 g/mol. The summed E-state index contributed by atoms with van der Waals surface area (Å²) in [6.07, 6.45) is 35.0. The topological polar surface area (TPSA) is 116 Å². The van der Waals surface area contributed by atoms with Gasteiger partial charge in [-0.3, -0.25) is 34.6 Å². The smallest absolute Gasteiger partial charge is 0.142 e. The number of anilines is 12.